The van der Waals surface area contributed by atoms with Crippen LogP contribution in [0.4, 0.5) is 0 Å². The van der Waals surface area contributed by atoms with Crippen LogP contribution in [0, 0.1) is 0 Å². The second kappa shape index (κ2) is 5.17. The summed E-state index contributed by atoms with van der Waals surface area (Å²) in [4.78, 5) is 0. The average molecular weight is 206 g/mol. The summed E-state index contributed by atoms with van der Waals surface area (Å²) in [6.07, 6.45) is 4.91. The number of quaternary nitrogens is 1. The van der Waals surface area contributed by atoms with E-state index in [1.165, 1.54) is 30.4 Å². The van der Waals surface area contributed by atoms with Crippen molar-refractivity contribution in [1.29, 1.82) is 0 Å². The molecule has 2 nitrogen and oxygen atoms in total. The summed E-state index contributed by atoms with van der Waals surface area (Å²) in [7, 11) is 2.09. The molecule has 0 unspecified atom stereocenters. The van der Waals surface area contributed by atoms with Gasteiger partial charge in [-0.15, -0.1) is 0 Å². The van der Waals surface area contributed by atoms with Crippen LogP contribution in [0.2, 0.25) is 0 Å². The van der Waals surface area contributed by atoms with Crippen LogP contribution in [0.3, 0.4) is 0 Å². The van der Waals surface area contributed by atoms with Crippen molar-refractivity contribution in [3.63, 3.8) is 0 Å². The summed E-state index contributed by atoms with van der Waals surface area (Å²) in [5, 5.41) is 2.19. The molecule has 0 aromatic heterocycles. The highest BCUT2D eigenvalue weighted by molar-refractivity contribution is 5.38. The largest absolute Gasteiger partial charge is 0.493 e. The van der Waals surface area contributed by atoms with Crippen molar-refractivity contribution in [2.24, 2.45) is 0 Å². The van der Waals surface area contributed by atoms with Gasteiger partial charge < -0.3 is 10.1 Å². The van der Waals surface area contributed by atoms with Gasteiger partial charge in [0.1, 0.15) is 5.75 Å². The first-order valence-electron chi connectivity index (χ1n) is 5.92. The standard InChI is InChI=1S/C13H19NO/c1-14-8-3-9-15-13-7-6-11-4-2-5-12(11)10-13/h6-7,10,14H,2-5,8-9H2,1H3/p+1. The minimum Gasteiger partial charge on any atom is -0.493 e. The van der Waals surface area contributed by atoms with Crippen molar-refractivity contribution in [3.8, 4) is 5.75 Å². The number of rotatable bonds is 5. The van der Waals surface area contributed by atoms with E-state index in [0.717, 1.165) is 25.3 Å². The normalized spacial score (nSPS) is 13.9. The van der Waals surface area contributed by atoms with Crippen molar-refractivity contribution in [3.05, 3.63) is 29.3 Å². The van der Waals surface area contributed by atoms with E-state index in [0.29, 0.717) is 0 Å². The zero-order chi connectivity index (χ0) is 10.5. The molecule has 1 aromatic carbocycles. The van der Waals surface area contributed by atoms with E-state index in [1.807, 2.05) is 0 Å². The Bertz CT molecular complexity index is 322. The van der Waals surface area contributed by atoms with Crippen LogP contribution < -0.4 is 10.1 Å². The van der Waals surface area contributed by atoms with Crippen LogP contribution in [0.1, 0.15) is 24.0 Å². The van der Waals surface area contributed by atoms with E-state index in [2.05, 4.69) is 30.6 Å². The molecule has 0 fully saturated rings. The van der Waals surface area contributed by atoms with E-state index < -0.39 is 0 Å². The molecule has 1 aliphatic carbocycles. The minimum atomic E-state index is 0.836. The maximum Gasteiger partial charge on any atom is 0.119 e. The van der Waals surface area contributed by atoms with Gasteiger partial charge in [0.2, 0.25) is 0 Å². The Morgan fingerprint density at radius 3 is 3.00 bits per heavy atom. The minimum absolute atomic E-state index is 0.836. The monoisotopic (exact) mass is 206 g/mol. The van der Waals surface area contributed by atoms with E-state index >= 15 is 0 Å². The highest BCUT2D eigenvalue weighted by atomic mass is 16.5. The molecule has 0 heterocycles. The highest BCUT2D eigenvalue weighted by Gasteiger charge is 2.10. The summed E-state index contributed by atoms with van der Waals surface area (Å²) >= 11 is 0. The Hall–Kier alpha value is -1.02. The summed E-state index contributed by atoms with van der Waals surface area (Å²) < 4.78 is 5.71. The van der Waals surface area contributed by atoms with Gasteiger partial charge in [-0.05, 0) is 42.5 Å². The van der Waals surface area contributed by atoms with E-state index in [1.54, 1.807) is 0 Å². The lowest BCUT2D eigenvalue weighted by Crippen LogP contribution is -2.79. The first-order valence-corrected chi connectivity index (χ1v) is 5.92. The molecule has 1 aliphatic rings. The smallest absolute Gasteiger partial charge is 0.119 e. The molecule has 0 radical (unpaired) electrons. The number of nitrogens with two attached hydrogens (primary N) is 1. The first kappa shape index (κ1) is 10.5. The van der Waals surface area contributed by atoms with Crippen LogP contribution in [0.5, 0.6) is 5.75 Å². The Labute approximate surface area is 91.6 Å². The van der Waals surface area contributed by atoms with Crippen molar-refractivity contribution in [2.75, 3.05) is 20.2 Å². The lowest BCUT2D eigenvalue weighted by atomic mass is 10.1. The van der Waals surface area contributed by atoms with Crippen LogP contribution >= 0.6 is 0 Å². The maximum atomic E-state index is 5.71. The number of benzene rings is 1. The van der Waals surface area contributed by atoms with Crippen LogP contribution in [-0.2, 0) is 12.8 Å². The van der Waals surface area contributed by atoms with Crippen molar-refractivity contribution in [2.45, 2.75) is 25.7 Å². The van der Waals surface area contributed by atoms with Gasteiger partial charge in [0, 0.05) is 6.42 Å². The number of aryl methyl sites for hydroxylation is 2. The van der Waals surface area contributed by atoms with Crippen molar-refractivity contribution >= 4 is 0 Å². The second-order valence-electron chi connectivity index (χ2n) is 4.18. The van der Waals surface area contributed by atoms with E-state index in [-0.39, 0.29) is 0 Å². The summed E-state index contributed by atoms with van der Waals surface area (Å²) in [6.45, 7) is 1.98. The zero-order valence-electron chi connectivity index (χ0n) is 9.46. The van der Waals surface area contributed by atoms with E-state index in [9.17, 15) is 0 Å². The van der Waals surface area contributed by atoms with Crippen molar-refractivity contribution < 1.29 is 10.1 Å². The van der Waals surface area contributed by atoms with Crippen molar-refractivity contribution in [1.82, 2.24) is 0 Å². The third-order valence-corrected chi connectivity index (χ3v) is 2.98. The fourth-order valence-corrected chi connectivity index (χ4v) is 2.12. The maximum absolute atomic E-state index is 5.71. The molecule has 0 aliphatic heterocycles. The molecule has 2 N–H and O–H groups in total. The Morgan fingerprint density at radius 2 is 2.13 bits per heavy atom. The fraction of sp³-hybridized carbons (Fsp3) is 0.538. The lowest BCUT2D eigenvalue weighted by molar-refractivity contribution is -0.627. The molecule has 0 saturated carbocycles. The summed E-state index contributed by atoms with van der Waals surface area (Å²) in [5.74, 6) is 1.05. The molecule has 15 heavy (non-hydrogen) atoms. The number of ether oxygens (including phenoxy) is 1. The summed E-state index contributed by atoms with van der Waals surface area (Å²) in [6, 6.07) is 6.56. The predicted molar refractivity (Wildman–Crippen MR) is 61.3 cm³/mol. The average Bonchev–Trinajstić information content (AvgIpc) is 2.71. The van der Waals surface area contributed by atoms with Gasteiger partial charge >= 0.3 is 0 Å². The van der Waals surface area contributed by atoms with Crippen LogP contribution in [-0.4, -0.2) is 20.2 Å². The topological polar surface area (TPSA) is 25.8 Å². The van der Waals surface area contributed by atoms with Gasteiger partial charge in [0.15, 0.2) is 0 Å². The molecule has 0 bridgehead atoms. The van der Waals surface area contributed by atoms with Gasteiger partial charge in [-0.25, -0.2) is 0 Å². The molecular formula is C13H20NO+. The molecule has 0 spiro atoms. The molecule has 0 atom stereocenters. The fourth-order valence-electron chi connectivity index (χ4n) is 2.12. The second-order valence-corrected chi connectivity index (χ2v) is 4.18. The molecular weight excluding hydrogens is 186 g/mol. The quantitative estimate of drug-likeness (QED) is 0.718. The zero-order valence-corrected chi connectivity index (χ0v) is 9.46. The Morgan fingerprint density at radius 1 is 1.27 bits per heavy atom. The Balaban J connectivity index is 1.87. The Kier molecular flexibility index (Phi) is 3.62. The number of hydrogen-bond donors (Lipinski definition) is 1. The third-order valence-electron chi connectivity index (χ3n) is 2.98. The number of fused-ring (bicyclic) bond motifs is 1. The first-order chi connectivity index (χ1) is 7.40. The molecule has 2 rings (SSSR count). The molecule has 82 valence electrons. The number of hydrogen-bond acceptors (Lipinski definition) is 1. The molecule has 0 saturated heterocycles. The van der Waals surface area contributed by atoms with Crippen LogP contribution in [0.15, 0.2) is 18.2 Å². The van der Waals surface area contributed by atoms with Gasteiger partial charge in [0.25, 0.3) is 0 Å². The van der Waals surface area contributed by atoms with Gasteiger partial charge in [0.05, 0.1) is 20.2 Å². The molecule has 1 aromatic rings. The molecule has 0 amide bonds. The lowest BCUT2D eigenvalue weighted by Gasteiger charge is -2.07. The van der Waals surface area contributed by atoms with Gasteiger partial charge in [-0.1, -0.05) is 6.07 Å². The van der Waals surface area contributed by atoms with E-state index in [4.69, 9.17) is 4.74 Å². The van der Waals surface area contributed by atoms with Gasteiger partial charge in [-0.3, -0.25) is 0 Å². The SMILES string of the molecule is C[NH2+]CCCOc1ccc2c(c1)CCC2. The third kappa shape index (κ3) is 2.72. The van der Waals surface area contributed by atoms with Gasteiger partial charge in [-0.2, -0.15) is 0 Å². The van der Waals surface area contributed by atoms with Crippen LogP contribution in [0.25, 0.3) is 0 Å². The molecule has 2 heteroatoms. The predicted octanol–water partition coefficient (Wildman–Crippen LogP) is 1.14. The highest BCUT2D eigenvalue weighted by Crippen LogP contribution is 2.25. The summed E-state index contributed by atoms with van der Waals surface area (Å²) in [5.41, 5.74) is 3.01.